The summed E-state index contributed by atoms with van der Waals surface area (Å²) in [6.07, 6.45) is -0.994. The molecule has 0 amide bonds. The van der Waals surface area contributed by atoms with Crippen molar-refractivity contribution in [1.29, 1.82) is 0 Å². The number of thioether (sulfide) groups is 1. The van der Waals surface area contributed by atoms with Gasteiger partial charge in [0.05, 0.1) is 29.1 Å². The fourth-order valence-corrected chi connectivity index (χ4v) is 3.61. The number of carbonyl (C=O) groups is 3. The molecule has 0 spiro atoms. The van der Waals surface area contributed by atoms with Crippen LogP contribution in [0.4, 0.5) is 0 Å². The Morgan fingerprint density at radius 2 is 1.89 bits per heavy atom. The van der Waals surface area contributed by atoms with Crippen molar-refractivity contribution in [2.45, 2.75) is 31.8 Å². The van der Waals surface area contributed by atoms with Crippen molar-refractivity contribution >= 4 is 41.1 Å². The van der Waals surface area contributed by atoms with Crippen molar-refractivity contribution in [2.24, 2.45) is 0 Å². The van der Waals surface area contributed by atoms with Gasteiger partial charge in [0.15, 0.2) is 6.10 Å². The van der Waals surface area contributed by atoms with Crippen LogP contribution in [0.5, 0.6) is 0 Å². The largest absolute Gasteiger partial charge is 0.465 e. The molecule has 1 atom stereocenters. The summed E-state index contributed by atoms with van der Waals surface area (Å²) in [5.74, 6) is -1.45. The number of Topliss-reactive ketones (excluding diaryl/α,β-unsaturated/α-hetero) is 1. The van der Waals surface area contributed by atoms with Crippen LogP contribution in [-0.4, -0.2) is 41.7 Å². The highest BCUT2D eigenvalue weighted by Crippen LogP contribution is 2.27. The van der Waals surface area contributed by atoms with Crippen LogP contribution in [0.25, 0.3) is 0 Å². The zero-order chi connectivity index (χ0) is 20.1. The minimum absolute atomic E-state index is 0.0253. The first-order valence-corrected chi connectivity index (χ1v) is 9.51. The van der Waals surface area contributed by atoms with Gasteiger partial charge in [0.25, 0.3) is 0 Å². The van der Waals surface area contributed by atoms with Crippen LogP contribution < -0.4 is 0 Å². The molecule has 1 heterocycles. The summed E-state index contributed by atoms with van der Waals surface area (Å²) in [4.78, 5) is 40.2. The highest BCUT2D eigenvalue weighted by Gasteiger charge is 2.27. The van der Waals surface area contributed by atoms with E-state index in [1.54, 1.807) is 32.0 Å². The summed E-state index contributed by atoms with van der Waals surface area (Å²) >= 11 is 7.28. The van der Waals surface area contributed by atoms with Crippen LogP contribution >= 0.6 is 23.4 Å². The minimum Gasteiger partial charge on any atom is -0.465 e. The Labute approximate surface area is 166 Å². The predicted octanol–water partition coefficient (Wildman–Crippen LogP) is 3.98. The van der Waals surface area contributed by atoms with Crippen molar-refractivity contribution in [3.63, 3.8) is 0 Å². The molecule has 0 fully saturated rings. The number of rotatable bonds is 7. The van der Waals surface area contributed by atoms with Crippen molar-refractivity contribution < 1.29 is 23.9 Å². The van der Waals surface area contributed by atoms with Crippen LogP contribution in [0.1, 0.15) is 39.0 Å². The topological polar surface area (TPSA) is 85.5 Å². The molecule has 1 unspecified atom stereocenters. The van der Waals surface area contributed by atoms with E-state index in [1.807, 2.05) is 6.07 Å². The fraction of sp³-hybridized carbons (Fsp3) is 0.316. The monoisotopic (exact) mass is 409 g/mol. The van der Waals surface area contributed by atoms with Gasteiger partial charge in [-0.25, -0.2) is 4.79 Å². The van der Waals surface area contributed by atoms with E-state index in [0.717, 1.165) is 4.90 Å². The van der Waals surface area contributed by atoms with Gasteiger partial charge in [0, 0.05) is 10.6 Å². The molecule has 1 aromatic heterocycles. The first kappa shape index (κ1) is 21.1. The fourth-order valence-electron chi connectivity index (χ4n) is 2.59. The molecule has 0 aliphatic heterocycles. The average Bonchev–Trinajstić information content (AvgIpc) is 2.94. The zero-order valence-corrected chi connectivity index (χ0v) is 17.0. The summed E-state index contributed by atoms with van der Waals surface area (Å²) in [7, 11) is 1.27. The third-order valence-electron chi connectivity index (χ3n) is 3.93. The average molecular weight is 410 g/mol. The molecule has 0 saturated heterocycles. The summed E-state index contributed by atoms with van der Waals surface area (Å²) in [5.41, 5.74) is 1.54. The number of aromatic nitrogens is 1. The maximum atomic E-state index is 12.6. The summed E-state index contributed by atoms with van der Waals surface area (Å²) in [6, 6.07) is 7.15. The van der Waals surface area contributed by atoms with Crippen molar-refractivity contribution in [3.05, 3.63) is 51.8 Å². The van der Waals surface area contributed by atoms with Gasteiger partial charge in [0.2, 0.25) is 5.78 Å². The molecule has 1 aromatic carbocycles. The third kappa shape index (κ3) is 4.93. The molecule has 1 N–H and O–H groups in total. The van der Waals surface area contributed by atoms with Crippen molar-refractivity contribution in [3.8, 4) is 0 Å². The quantitative estimate of drug-likeness (QED) is 0.423. The Hall–Kier alpha value is -2.25. The molecular weight excluding hydrogens is 390 g/mol. The SMILES string of the molecule is COC(=O)c1c(C)[nH]c(C(=O)C(C)OC(=O)CSc2ccccc2Cl)c1C. The first-order chi connectivity index (χ1) is 12.8. The maximum Gasteiger partial charge on any atom is 0.339 e. The Morgan fingerprint density at radius 1 is 1.22 bits per heavy atom. The number of halogens is 1. The number of esters is 2. The highest BCUT2D eigenvalue weighted by molar-refractivity contribution is 8.00. The summed E-state index contributed by atoms with van der Waals surface area (Å²) in [5, 5.41) is 0.548. The molecule has 0 aliphatic carbocycles. The zero-order valence-electron chi connectivity index (χ0n) is 15.4. The van der Waals surface area contributed by atoms with Gasteiger partial charge in [0.1, 0.15) is 0 Å². The van der Waals surface area contributed by atoms with Gasteiger partial charge in [-0.2, -0.15) is 0 Å². The number of methoxy groups -OCH3 is 1. The van der Waals surface area contributed by atoms with E-state index in [1.165, 1.54) is 25.8 Å². The smallest absolute Gasteiger partial charge is 0.339 e. The highest BCUT2D eigenvalue weighted by atomic mass is 35.5. The third-order valence-corrected chi connectivity index (χ3v) is 5.42. The van der Waals surface area contributed by atoms with Crippen molar-refractivity contribution in [2.75, 3.05) is 12.9 Å². The van der Waals surface area contributed by atoms with Gasteiger partial charge in [-0.1, -0.05) is 23.7 Å². The lowest BCUT2D eigenvalue weighted by molar-refractivity contribution is -0.143. The second-order valence-electron chi connectivity index (χ2n) is 5.83. The van der Waals surface area contributed by atoms with E-state index in [9.17, 15) is 14.4 Å². The molecule has 0 bridgehead atoms. The number of carbonyl (C=O) groups excluding carboxylic acids is 3. The van der Waals surface area contributed by atoms with Gasteiger partial charge < -0.3 is 14.5 Å². The van der Waals surface area contributed by atoms with E-state index in [4.69, 9.17) is 21.1 Å². The number of aryl methyl sites for hydroxylation is 1. The Kier molecular flexibility index (Phi) is 7.10. The minimum atomic E-state index is -0.994. The predicted molar refractivity (Wildman–Crippen MR) is 104 cm³/mol. The second-order valence-corrected chi connectivity index (χ2v) is 7.26. The van der Waals surface area contributed by atoms with Crippen LogP contribution in [0, 0.1) is 13.8 Å². The van der Waals surface area contributed by atoms with Gasteiger partial charge in [-0.05, 0) is 38.5 Å². The molecular formula is C19H20ClNO5S. The molecule has 144 valence electrons. The number of ether oxygens (including phenoxy) is 2. The molecule has 6 nitrogen and oxygen atoms in total. The molecule has 2 aromatic rings. The molecule has 8 heteroatoms. The number of nitrogens with one attached hydrogen (secondary N) is 1. The normalized spacial score (nSPS) is 11.7. The lowest BCUT2D eigenvalue weighted by atomic mass is 10.1. The molecule has 0 radical (unpaired) electrons. The lowest BCUT2D eigenvalue weighted by Crippen LogP contribution is -2.26. The van der Waals surface area contributed by atoms with Crippen LogP contribution in [0.3, 0.4) is 0 Å². The van der Waals surface area contributed by atoms with E-state index in [0.29, 0.717) is 21.8 Å². The summed E-state index contributed by atoms with van der Waals surface area (Å²) in [6.45, 7) is 4.81. The van der Waals surface area contributed by atoms with Gasteiger partial charge in [-0.3, -0.25) is 9.59 Å². The van der Waals surface area contributed by atoms with E-state index in [2.05, 4.69) is 4.98 Å². The van der Waals surface area contributed by atoms with Crippen LogP contribution in [0.2, 0.25) is 5.02 Å². The van der Waals surface area contributed by atoms with Gasteiger partial charge >= 0.3 is 11.9 Å². The Balaban J connectivity index is 2.02. The first-order valence-electron chi connectivity index (χ1n) is 8.14. The van der Waals surface area contributed by atoms with Crippen LogP contribution in [0.15, 0.2) is 29.2 Å². The molecule has 0 aliphatic rings. The summed E-state index contributed by atoms with van der Waals surface area (Å²) < 4.78 is 9.96. The number of ketones is 1. The molecule has 2 rings (SSSR count). The maximum absolute atomic E-state index is 12.6. The number of aromatic amines is 1. The number of H-pyrrole nitrogens is 1. The molecule has 27 heavy (non-hydrogen) atoms. The molecule has 0 saturated carbocycles. The Bertz CT molecular complexity index is 877. The van der Waals surface area contributed by atoms with E-state index < -0.39 is 23.8 Å². The number of hydrogen-bond donors (Lipinski definition) is 1. The van der Waals surface area contributed by atoms with Gasteiger partial charge in [-0.15, -0.1) is 11.8 Å². The van der Waals surface area contributed by atoms with Crippen LogP contribution in [-0.2, 0) is 14.3 Å². The van der Waals surface area contributed by atoms with E-state index >= 15 is 0 Å². The second kappa shape index (κ2) is 9.10. The standard InChI is InChI=1S/C19H20ClNO5S/c1-10-16(19(24)25-4)11(2)21-17(10)18(23)12(3)26-15(22)9-27-14-8-6-5-7-13(14)20/h5-8,12,21H,9H2,1-4H3. The Morgan fingerprint density at radius 3 is 2.52 bits per heavy atom. The van der Waals surface area contributed by atoms with E-state index in [-0.39, 0.29) is 11.4 Å². The lowest BCUT2D eigenvalue weighted by Gasteiger charge is -2.12. The number of hydrogen-bond acceptors (Lipinski definition) is 6. The van der Waals surface area contributed by atoms with Crippen molar-refractivity contribution in [1.82, 2.24) is 4.98 Å². The number of benzene rings is 1.